The van der Waals surface area contributed by atoms with Crippen LogP contribution in [0, 0.1) is 0 Å². The van der Waals surface area contributed by atoms with Crippen LogP contribution in [0.3, 0.4) is 0 Å². The highest BCUT2D eigenvalue weighted by atomic mass is 16.5. The number of benzene rings is 1. The van der Waals surface area contributed by atoms with E-state index >= 15 is 0 Å². The van der Waals surface area contributed by atoms with Crippen LogP contribution in [0.4, 0.5) is 11.8 Å². The Morgan fingerprint density at radius 3 is 2.82 bits per heavy atom. The first-order valence-corrected chi connectivity index (χ1v) is 11.1. The normalized spacial score (nSPS) is 14.9. The predicted octanol–water partition coefficient (Wildman–Crippen LogP) is 2.93. The Morgan fingerprint density at radius 1 is 1.26 bits per heavy atom. The molecule has 3 aromatic rings. The smallest absolute Gasteiger partial charge is 0.257 e. The number of aromatic nitrogens is 4. The number of carbonyl (C=O) groups excluding carboxylic acids is 1. The van der Waals surface area contributed by atoms with Gasteiger partial charge in [0.15, 0.2) is 17.3 Å². The minimum atomic E-state index is -0.570. The quantitative estimate of drug-likeness (QED) is 0.442. The summed E-state index contributed by atoms with van der Waals surface area (Å²) >= 11 is 0. The highest BCUT2D eigenvalue weighted by molar-refractivity contribution is 6.05. The molecule has 3 heterocycles. The van der Waals surface area contributed by atoms with Crippen LogP contribution in [0.1, 0.15) is 37.7 Å². The SMILES string of the molecule is CCOc1ccc(C2C(C(=O)Nc3ccccn3)=C(C)Nc3nc(CCCO)nn32)cc1OC. The van der Waals surface area contributed by atoms with Crippen molar-refractivity contribution in [1.82, 2.24) is 19.7 Å². The molecule has 1 unspecified atom stereocenters. The van der Waals surface area contributed by atoms with Crippen LogP contribution in [0.5, 0.6) is 11.5 Å². The van der Waals surface area contributed by atoms with E-state index in [0.717, 1.165) is 5.56 Å². The number of aliphatic hydroxyl groups excluding tert-OH is 1. The summed E-state index contributed by atoms with van der Waals surface area (Å²) in [5, 5.41) is 20.0. The summed E-state index contributed by atoms with van der Waals surface area (Å²) in [6.45, 7) is 4.28. The first-order valence-electron chi connectivity index (χ1n) is 11.1. The summed E-state index contributed by atoms with van der Waals surface area (Å²) in [6.07, 6.45) is 2.68. The van der Waals surface area contributed by atoms with E-state index in [4.69, 9.17) is 9.47 Å². The number of hydrogen-bond donors (Lipinski definition) is 3. The average molecular weight is 465 g/mol. The molecule has 1 atom stereocenters. The van der Waals surface area contributed by atoms with Gasteiger partial charge in [0.1, 0.15) is 11.9 Å². The second kappa shape index (κ2) is 10.3. The number of aliphatic hydroxyl groups is 1. The van der Waals surface area contributed by atoms with Crippen LogP contribution in [-0.4, -0.2) is 51.1 Å². The number of anilines is 2. The van der Waals surface area contributed by atoms with Gasteiger partial charge in [0.2, 0.25) is 5.95 Å². The van der Waals surface area contributed by atoms with E-state index < -0.39 is 6.04 Å². The molecule has 10 nitrogen and oxygen atoms in total. The molecule has 3 N–H and O–H groups in total. The Morgan fingerprint density at radius 2 is 2.12 bits per heavy atom. The maximum atomic E-state index is 13.5. The molecule has 0 aliphatic carbocycles. The Hall–Kier alpha value is -3.92. The molecule has 1 amide bonds. The third kappa shape index (κ3) is 4.72. The van der Waals surface area contributed by atoms with Gasteiger partial charge in [-0.1, -0.05) is 12.1 Å². The maximum Gasteiger partial charge on any atom is 0.257 e. The Bertz CT molecular complexity index is 1190. The van der Waals surface area contributed by atoms with Crippen LogP contribution in [0.15, 0.2) is 53.9 Å². The first-order chi connectivity index (χ1) is 16.5. The Kier molecular flexibility index (Phi) is 7.07. The lowest BCUT2D eigenvalue weighted by molar-refractivity contribution is -0.113. The maximum absolute atomic E-state index is 13.5. The summed E-state index contributed by atoms with van der Waals surface area (Å²) in [7, 11) is 1.58. The van der Waals surface area contributed by atoms with Gasteiger partial charge in [-0.3, -0.25) is 4.79 Å². The van der Waals surface area contributed by atoms with Gasteiger partial charge in [0.25, 0.3) is 5.91 Å². The molecule has 1 aromatic carbocycles. The third-order valence-electron chi connectivity index (χ3n) is 5.41. The number of methoxy groups -OCH3 is 1. The Labute approximate surface area is 197 Å². The number of carbonyl (C=O) groups is 1. The fraction of sp³-hybridized carbons (Fsp3) is 0.333. The molecule has 0 saturated carbocycles. The molecule has 0 spiro atoms. The minimum Gasteiger partial charge on any atom is -0.493 e. The Balaban J connectivity index is 1.79. The van der Waals surface area contributed by atoms with Gasteiger partial charge >= 0.3 is 0 Å². The summed E-state index contributed by atoms with van der Waals surface area (Å²) in [5.41, 5.74) is 1.91. The second-order valence-corrected chi connectivity index (χ2v) is 7.70. The second-order valence-electron chi connectivity index (χ2n) is 7.70. The lowest BCUT2D eigenvalue weighted by atomic mass is 9.94. The molecule has 0 radical (unpaired) electrons. The molecular formula is C24H28N6O4. The predicted molar refractivity (Wildman–Crippen MR) is 127 cm³/mol. The lowest BCUT2D eigenvalue weighted by Gasteiger charge is -2.29. The molecule has 178 valence electrons. The number of nitrogens with one attached hydrogen (secondary N) is 2. The van der Waals surface area contributed by atoms with Crippen molar-refractivity contribution in [3.8, 4) is 11.5 Å². The topological polar surface area (TPSA) is 123 Å². The summed E-state index contributed by atoms with van der Waals surface area (Å²) in [5.74, 6) is 2.42. The van der Waals surface area contributed by atoms with Crippen molar-refractivity contribution in [1.29, 1.82) is 0 Å². The van der Waals surface area contributed by atoms with Crippen molar-refractivity contribution >= 4 is 17.7 Å². The molecular weight excluding hydrogens is 436 g/mol. The summed E-state index contributed by atoms with van der Waals surface area (Å²) in [4.78, 5) is 22.3. The summed E-state index contributed by atoms with van der Waals surface area (Å²) < 4.78 is 12.9. The van der Waals surface area contributed by atoms with E-state index in [-0.39, 0.29) is 12.5 Å². The number of ether oxygens (including phenoxy) is 2. The van der Waals surface area contributed by atoms with Crippen molar-refractivity contribution in [3.63, 3.8) is 0 Å². The monoisotopic (exact) mass is 464 g/mol. The zero-order chi connectivity index (χ0) is 24.1. The van der Waals surface area contributed by atoms with Crippen molar-refractivity contribution in [2.75, 3.05) is 31.0 Å². The largest absolute Gasteiger partial charge is 0.493 e. The molecule has 1 aliphatic heterocycles. The van der Waals surface area contributed by atoms with E-state index in [1.807, 2.05) is 32.0 Å². The fourth-order valence-corrected chi connectivity index (χ4v) is 3.89. The van der Waals surface area contributed by atoms with Crippen molar-refractivity contribution in [2.45, 2.75) is 32.7 Å². The molecule has 4 rings (SSSR count). The van der Waals surface area contributed by atoms with E-state index in [0.29, 0.717) is 59.8 Å². The van der Waals surface area contributed by atoms with Gasteiger partial charge in [-0.25, -0.2) is 9.67 Å². The van der Waals surface area contributed by atoms with Gasteiger partial charge in [0.05, 0.1) is 19.3 Å². The number of hydrogen-bond acceptors (Lipinski definition) is 8. The lowest BCUT2D eigenvalue weighted by Crippen LogP contribution is -2.31. The molecule has 34 heavy (non-hydrogen) atoms. The van der Waals surface area contributed by atoms with Gasteiger partial charge in [-0.2, -0.15) is 10.1 Å². The number of rotatable bonds is 9. The number of amides is 1. The van der Waals surface area contributed by atoms with Crippen molar-refractivity contribution in [3.05, 3.63) is 65.3 Å². The number of nitrogens with zero attached hydrogens (tertiary/aromatic N) is 4. The van der Waals surface area contributed by atoms with E-state index in [9.17, 15) is 9.90 Å². The minimum absolute atomic E-state index is 0.0474. The number of fused-ring (bicyclic) bond motifs is 1. The van der Waals surface area contributed by atoms with Gasteiger partial charge in [-0.15, -0.1) is 0 Å². The van der Waals surface area contributed by atoms with E-state index in [2.05, 4.69) is 25.7 Å². The van der Waals surface area contributed by atoms with Gasteiger partial charge < -0.3 is 25.2 Å². The zero-order valence-corrected chi connectivity index (χ0v) is 19.4. The van der Waals surface area contributed by atoms with Crippen LogP contribution >= 0.6 is 0 Å². The molecule has 10 heteroatoms. The van der Waals surface area contributed by atoms with E-state index in [1.54, 1.807) is 36.2 Å². The van der Waals surface area contributed by atoms with Crippen LogP contribution in [0.25, 0.3) is 0 Å². The first kappa shape index (κ1) is 23.2. The van der Waals surface area contributed by atoms with Crippen molar-refractivity contribution < 1.29 is 19.4 Å². The molecule has 1 aliphatic rings. The van der Waals surface area contributed by atoms with E-state index in [1.165, 1.54) is 0 Å². The third-order valence-corrected chi connectivity index (χ3v) is 5.41. The molecule has 0 saturated heterocycles. The summed E-state index contributed by atoms with van der Waals surface area (Å²) in [6, 6.07) is 10.3. The number of aryl methyl sites for hydroxylation is 1. The fourth-order valence-electron chi connectivity index (χ4n) is 3.89. The molecule has 0 bridgehead atoms. The van der Waals surface area contributed by atoms with Gasteiger partial charge in [0, 0.05) is 24.9 Å². The molecule has 0 fully saturated rings. The van der Waals surface area contributed by atoms with Crippen LogP contribution in [0.2, 0.25) is 0 Å². The number of allylic oxidation sites excluding steroid dienone is 1. The standard InChI is InChI=1S/C24H28N6O4/c1-4-34-17-11-10-16(14-18(17)33-3)22-21(23(32)27-19-8-5-6-12-25-19)15(2)26-24-28-20(9-7-13-31)29-30(22)24/h5-6,8,10-12,14,22,31H,4,7,9,13H2,1-3H3,(H,25,27,32)(H,26,28,29). The van der Waals surface area contributed by atoms with Crippen LogP contribution < -0.4 is 20.1 Å². The number of pyridine rings is 1. The molecule has 2 aromatic heterocycles. The average Bonchev–Trinajstić information content (AvgIpc) is 3.25. The zero-order valence-electron chi connectivity index (χ0n) is 19.4. The van der Waals surface area contributed by atoms with Crippen molar-refractivity contribution in [2.24, 2.45) is 0 Å². The van der Waals surface area contributed by atoms with Crippen LogP contribution in [-0.2, 0) is 11.2 Å². The van der Waals surface area contributed by atoms with Gasteiger partial charge in [-0.05, 0) is 50.1 Å². The highest BCUT2D eigenvalue weighted by Gasteiger charge is 2.35. The highest BCUT2D eigenvalue weighted by Crippen LogP contribution is 2.39.